The molecule has 1 unspecified atom stereocenters. The number of aromatic nitrogens is 4. The summed E-state index contributed by atoms with van der Waals surface area (Å²) in [6, 6.07) is 12.4. The summed E-state index contributed by atoms with van der Waals surface area (Å²) in [5, 5.41) is 13.5. The van der Waals surface area contributed by atoms with Crippen molar-refractivity contribution in [3.8, 4) is 11.1 Å². The van der Waals surface area contributed by atoms with E-state index in [0.717, 1.165) is 73.7 Å². The topological polar surface area (TPSA) is 95.2 Å². The van der Waals surface area contributed by atoms with Gasteiger partial charge in [0.25, 0.3) is 0 Å². The quantitative estimate of drug-likeness (QED) is 0.377. The molecule has 1 aliphatic rings. The van der Waals surface area contributed by atoms with Gasteiger partial charge < -0.3 is 15.1 Å². The van der Waals surface area contributed by atoms with Crippen molar-refractivity contribution in [3.63, 3.8) is 0 Å². The second kappa shape index (κ2) is 10.5. The van der Waals surface area contributed by atoms with E-state index in [1.165, 1.54) is 11.8 Å². The molecule has 1 saturated heterocycles. The van der Waals surface area contributed by atoms with Crippen LogP contribution in [0.3, 0.4) is 0 Å². The number of morpholine rings is 1. The third kappa shape index (κ3) is 5.13. The molecule has 1 fully saturated rings. The van der Waals surface area contributed by atoms with Gasteiger partial charge in [0.2, 0.25) is 0 Å². The van der Waals surface area contributed by atoms with Crippen LogP contribution in [0.15, 0.2) is 66.2 Å². The predicted octanol–water partition coefficient (Wildman–Crippen LogP) is 3.61. The van der Waals surface area contributed by atoms with Crippen molar-refractivity contribution in [1.82, 2.24) is 24.6 Å². The first-order chi connectivity index (χ1) is 16.8. The number of rotatable bonds is 9. The molecular weight excluding hydrogens is 426 g/mol. The van der Waals surface area contributed by atoms with Gasteiger partial charge in [-0.15, -0.1) is 0 Å². The second-order valence-electron chi connectivity index (χ2n) is 8.48. The molecule has 3 aromatic heterocycles. The van der Waals surface area contributed by atoms with Crippen LogP contribution in [0.25, 0.3) is 22.2 Å². The van der Waals surface area contributed by atoms with Gasteiger partial charge in [0, 0.05) is 67.2 Å². The Morgan fingerprint density at radius 3 is 2.85 bits per heavy atom. The second-order valence-corrected chi connectivity index (χ2v) is 8.48. The Morgan fingerprint density at radius 2 is 2.03 bits per heavy atom. The first kappa shape index (κ1) is 22.2. The number of nitrogens with one attached hydrogen (secondary N) is 2. The van der Waals surface area contributed by atoms with Gasteiger partial charge in [-0.2, -0.15) is 5.10 Å². The molecule has 0 radical (unpaired) electrons. The van der Waals surface area contributed by atoms with Crippen molar-refractivity contribution in [2.75, 3.05) is 39.4 Å². The maximum Gasteiger partial charge on any atom is 0.137 e. The number of ether oxygens (including phenoxy) is 1. The first-order valence-corrected chi connectivity index (χ1v) is 11.6. The van der Waals surface area contributed by atoms with Crippen molar-refractivity contribution in [1.29, 1.82) is 5.41 Å². The summed E-state index contributed by atoms with van der Waals surface area (Å²) in [4.78, 5) is 14.8. The summed E-state index contributed by atoms with van der Waals surface area (Å²) in [5.74, 6) is -0.204. The number of hydrogen-bond donors (Lipinski definition) is 2. The van der Waals surface area contributed by atoms with E-state index in [2.05, 4.69) is 49.4 Å². The Bertz CT molecular complexity index is 1250. The molecule has 1 aromatic carbocycles. The van der Waals surface area contributed by atoms with Gasteiger partial charge in [-0.25, -0.2) is 4.98 Å². The average molecular weight is 456 g/mol. The molecule has 34 heavy (non-hydrogen) atoms. The van der Waals surface area contributed by atoms with Crippen LogP contribution in [0.4, 0.5) is 0 Å². The SMILES string of the molecule is N=CC(C=NCCN1CCOCC1)c1cnc2[nH]cc(-c3cnn(Cc4ccccc4)c3)c2c1. The highest BCUT2D eigenvalue weighted by molar-refractivity contribution is 5.96. The average Bonchev–Trinajstić information content (AvgIpc) is 3.52. The minimum atomic E-state index is -0.204. The molecule has 8 heteroatoms. The van der Waals surface area contributed by atoms with E-state index in [1.807, 2.05) is 47.7 Å². The van der Waals surface area contributed by atoms with E-state index in [-0.39, 0.29) is 5.92 Å². The molecule has 4 aromatic rings. The Morgan fingerprint density at radius 1 is 1.18 bits per heavy atom. The van der Waals surface area contributed by atoms with E-state index in [1.54, 1.807) is 0 Å². The Labute approximate surface area is 198 Å². The van der Waals surface area contributed by atoms with Crippen molar-refractivity contribution >= 4 is 23.5 Å². The molecule has 174 valence electrons. The van der Waals surface area contributed by atoms with Crippen LogP contribution in [0, 0.1) is 5.41 Å². The van der Waals surface area contributed by atoms with Gasteiger partial charge >= 0.3 is 0 Å². The zero-order valence-corrected chi connectivity index (χ0v) is 19.1. The van der Waals surface area contributed by atoms with Crippen LogP contribution in [0.2, 0.25) is 0 Å². The molecule has 0 aliphatic carbocycles. The van der Waals surface area contributed by atoms with Gasteiger partial charge in [-0.05, 0) is 17.2 Å². The number of H-pyrrole nitrogens is 1. The maximum absolute atomic E-state index is 7.94. The summed E-state index contributed by atoms with van der Waals surface area (Å²) in [5.41, 5.74) is 5.07. The molecule has 1 aliphatic heterocycles. The number of fused-ring (bicyclic) bond motifs is 1. The van der Waals surface area contributed by atoms with Gasteiger partial charge in [0.05, 0.1) is 38.4 Å². The number of hydrogen-bond acceptors (Lipinski definition) is 6. The van der Waals surface area contributed by atoms with Crippen LogP contribution >= 0.6 is 0 Å². The highest BCUT2D eigenvalue weighted by atomic mass is 16.5. The summed E-state index contributed by atoms with van der Waals surface area (Å²) < 4.78 is 7.34. The van der Waals surface area contributed by atoms with Gasteiger partial charge in [0.1, 0.15) is 5.65 Å². The monoisotopic (exact) mass is 455 g/mol. The molecule has 8 nitrogen and oxygen atoms in total. The van der Waals surface area contributed by atoms with Crippen LogP contribution in [0.5, 0.6) is 0 Å². The number of aliphatic imine (C=N–C) groups is 1. The zero-order chi connectivity index (χ0) is 23.2. The normalized spacial score (nSPS) is 15.8. The lowest BCUT2D eigenvalue weighted by molar-refractivity contribution is 0.0394. The third-order valence-electron chi connectivity index (χ3n) is 6.16. The molecule has 5 rings (SSSR count). The lowest BCUT2D eigenvalue weighted by atomic mass is 10.0. The molecule has 1 atom stereocenters. The highest BCUT2D eigenvalue weighted by Gasteiger charge is 2.14. The van der Waals surface area contributed by atoms with Gasteiger partial charge in [-0.3, -0.25) is 14.6 Å². The summed E-state index contributed by atoms with van der Waals surface area (Å²) in [6.07, 6.45) is 11.0. The number of nitrogens with zero attached hydrogens (tertiary/aromatic N) is 5. The summed E-state index contributed by atoms with van der Waals surface area (Å²) in [6.45, 7) is 5.87. The molecule has 0 bridgehead atoms. The van der Waals surface area contributed by atoms with Gasteiger partial charge in [0.15, 0.2) is 0 Å². The molecule has 4 heterocycles. The summed E-state index contributed by atoms with van der Waals surface area (Å²) >= 11 is 0. The van der Waals surface area contributed by atoms with E-state index in [9.17, 15) is 0 Å². The minimum Gasteiger partial charge on any atom is -0.379 e. The largest absolute Gasteiger partial charge is 0.379 e. The van der Waals surface area contributed by atoms with E-state index >= 15 is 0 Å². The summed E-state index contributed by atoms with van der Waals surface area (Å²) in [7, 11) is 0. The molecular formula is C26H29N7O. The first-order valence-electron chi connectivity index (χ1n) is 11.6. The van der Waals surface area contributed by atoms with Gasteiger partial charge in [-0.1, -0.05) is 30.3 Å². The number of benzene rings is 1. The lowest BCUT2D eigenvalue weighted by Crippen LogP contribution is -2.37. The maximum atomic E-state index is 7.94. The molecule has 2 N–H and O–H groups in total. The predicted molar refractivity (Wildman–Crippen MR) is 135 cm³/mol. The minimum absolute atomic E-state index is 0.204. The van der Waals surface area contributed by atoms with E-state index in [0.29, 0.717) is 0 Å². The Hall–Kier alpha value is -3.62. The van der Waals surface area contributed by atoms with Crippen LogP contribution < -0.4 is 0 Å². The third-order valence-corrected chi connectivity index (χ3v) is 6.16. The van der Waals surface area contributed by atoms with Crippen LogP contribution in [-0.2, 0) is 11.3 Å². The molecule has 0 spiro atoms. The Kier molecular flexibility index (Phi) is 6.88. The molecule has 0 saturated carbocycles. The van der Waals surface area contributed by atoms with E-state index < -0.39 is 0 Å². The smallest absolute Gasteiger partial charge is 0.137 e. The van der Waals surface area contributed by atoms with Crippen LogP contribution in [-0.4, -0.2) is 76.5 Å². The fraction of sp³-hybridized carbons (Fsp3) is 0.308. The molecule has 0 amide bonds. The fourth-order valence-electron chi connectivity index (χ4n) is 4.24. The Balaban J connectivity index is 1.31. The van der Waals surface area contributed by atoms with Crippen molar-refractivity contribution in [2.45, 2.75) is 12.5 Å². The van der Waals surface area contributed by atoms with Crippen molar-refractivity contribution in [3.05, 3.63) is 72.3 Å². The van der Waals surface area contributed by atoms with Crippen molar-refractivity contribution in [2.24, 2.45) is 4.99 Å². The zero-order valence-electron chi connectivity index (χ0n) is 19.1. The van der Waals surface area contributed by atoms with E-state index in [4.69, 9.17) is 10.1 Å². The number of pyridine rings is 1. The van der Waals surface area contributed by atoms with Crippen LogP contribution in [0.1, 0.15) is 17.0 Å². The van der Waals surface area contributed by atoms with Crippen molar-refractivity contribution < 1.29 is 4.74 Å². The highest BCUT2D eigenvalue weighted by Crippen LogP contribution is 2.29. The standard InChI is InChI=1S/C26H29N7O/c27-13-22(14-28-6-7-32-8-10-34-11-9-32)21-12-24-25(17-30-26(24)29-15-21)23-16-31-33(19-23)18-20-4-2-1-3-5-20/h1-5,12-17,19,22,27H,6-11,18H2,(H,29,30). The fourth-order valence-corrected chi connectivity index (χ4v) is 4.24. The number of aromatic amines is 1. The lowest BCUT2D eigenvalue weighted by Gasteiger charge is -2.25.